The number of aliphatic imine (C=N–C) groups is 1. The van der Waals surface area contributed by atoms with Gasteiger partial charge in [-0.2, -0.15) is 0 Å². The summed E-state index contributed by atoms with van der Waals surface area (Å²) in [5, 5.41) is 3.00. The van der Waals surface area contributed by atoms with E-state index in [9.17, 15) is 4.79 Å². The van der Waals surface area contributed by atoms with Gasteiger partial charge in [-0.3, -0.25) is 14.7 Å². The summed E-state index contributed by atoms with van der Waals surface area (Å²) < 4.78 is 0. The number of amidine groups is 1. The van der Waals surface area contributed by atoms with Crippen LogP contribution in [0.25, 0.3) is 6.08 Å². The summed E-state index contributed by atoms with van der Waals surface area (Å²) in [6.07, 6.45) is 5.36. The van der Waals surface area contributed by atoms with E-state index in [-0.39, 0.29) is 5.91 Å². The van der Waals surface area contributed by atoms with Crippen LogP contribution in [0.3, 0.4) is 0 Å². The molecule has 166 valence electrons. The van der Waals surface area contributed by atoms with Crippen molar-refractivity contribution < 1.29 is 4.79 Å². The monoisotopic (exact) mass is 437 g/mol. The van der Waals surface area contributed by atoms with Crippen LogP contribution in [0, 0.1) is 0 Å². The molecule has 3 N–H and O–H groups in total. The molecular weight excluding hydrogens is 410 g/mol. The Morgan fingerprint density at radius 1 is 1.15 bits per heavy atom. The minimum atomic E-state index is -0.185. The molecule has 0 bridgehead atoms. The summed E-state index contributed by atoms with van der Waals surface area (Å²) in [7, 11) is 0. The van der Waals surface area contributed by atoms with Gasteiger partial charge in [0, 0.05) is 49.3 Å². The van der Waals surface area contributed by atoms with Crippen molar-refractivity contribution in [2.45, 2.75) is 32.9 Å². The lowest BCUT2D eigenvalue weighted by atomic mass is 10.0. The predicted molar refractivity (Wildman–Crippen MR) is 132 cm³/mol. The summed E-state index contributed by atoms with van der Waals surface area (Å²) >= 11 is 0. The summed E-state index contributed by atoms with van der Waals surface area (Å²) in [6, 6.07) is 18.1. The number of nitrogens with two attached hydrogens (primary N) is 1. The lowest BCUT2D eigenvalue weighted by molar-refractivity contribution is 0.102. The highest BCUT2D eigenvalue weighted by molar-refractivity contribution is 6.05. The molecule has 2 aromatic carbocycles. The zero-order valence-electron chi connectivity index (χ0n) is 18.7. The number of hydrogen-bond donors (Lipinski definition) is 2. The van der Waals surface area contributed by atoms with Gasteiger partial charge in [-0.05, 0) is 36.2 Å². The van der Waals surface area contributed by atoms with Crippen molar-refractivity contribution in [3.05, 3.63) is 94.3 Å². The first-order valence-corrected chi connectivity index (χ1v) is 11.2. The molecule has 0 saturated heterocycles. The molecule has 0 fully saturated rings. The Balaban J connectivity index is 1.31. The second-order valence-corrected chi connectivity index (χ2v) is 8.77. The molecule has 0 unspecified atom stereocenters. The van der Waals surface area contributed by atoms with E-state index in [0.717, 1.165) is 54.1 Å². The first-order valence-electron chi connectivity index (χ1n) is 11.2. The second kappa shape index (κ2) is 9.00. The number of benzene rings is 2. The van der Waals surface area contributed by atoms with Crippen LogP contribution in [-0.2, 0) is 19.5 Å². The quantitative estimate of drug-likeness (QED) is 0.620. The molecule has 0 aliphatic carbocycles. The number of anilines is 1. The molecule has 1 aromatic heterocycles. The number of nitrogens with zero attached hydrogens (tertiary/aromatic N) is 3. The van der Waals surface area contributed by atoms with E-state index in [2.05, 4.69) is 50.5 Å². The third-order valence-electron chi connectivity index (χ3n) is 6.04. The maximum absolute atomic E-state index is 13.0. The fourth-order valence-corrected chi connectivity index (χ4v) is 4.43. The molecule has 0 radical (unpaired) electrons. The molecule has 33 heavy (non-hydrogen) atoms. The first kappa shape index (κ1) is 21.1. The SMILES string of the molecule is CC1=Cc2ccc(C(=O)Nc3cnc4c(c3)CN(Cc3ccccc3)CC4)cc2N=C(N)C1. The molecule has 6 heteroatoms. The van der Waals surface area contributed by atoms with Gasteiger partial charge in [-0.25, -0.2) is 4.99 Å². The maximum Gasteiger partial charge on any atom is 0.255 e. The van der Waals surface area contributed by atoms with Crippen molar-refractivity contribution in [2.75, 3.05) is 11.9 Å². The van der Waals surface area contributed by atoms with Crippen LogP contribution in [0.4, 0.5) is 11.4 Å². The van der Waals surface area contributed by atoms with Gasteiger partial charge in [-0.15, -0.1) is 0 Å². The number of nitrogens with one attached hydrogen (secondary N) is 1. The molecule has 0 spiro atoms. The Kier molecular flexibility index (Phi) is 5.75. The number of amides is 1. The minimum Gasteiger partial charge on any atom is -0.387 e. The average molecular weight is 438 g/mol. The highest BCUT2D eigenvalue weighted by Gasteiger charge is 2.19. The number of aromatic nitrogens is 1. The van der Waals surface area contributed by atoms with E-state index < -0.39 is 0 Å². The zero-order chi connectivity index (χ0) is 22.8. The smallest absolute Gasteiger partial charge is 0.255 e. The first-order chi connectivity index (χ1) is 16.0. The van der Waals surface area contributed by atoms with Crippen LogP contribution >= 0.6 is 0 Å². The Morgan fingerprint density at radius 3 is 2.85 bits per heavy atom. The van der Waals surface area contributed by atoms with Gasteiger partial charge in [0.15, 0.2) is 0 Å². The number of pyridine rings is 1. The normalized spacial score (nSPS) is 15.5. The largest absolute Gasteiger partial charge is 0.387 e. The summed E-state index contributed by atoms with van der Waals surface area (Å²) in [4.78, 5) is 24.5. The molecule has 5 rings (SSSR count). The van der Waals surface area contributed by atoms with E-state index in [1.54, 1.807) is 12.3 Å². The van der Waals surface area contributed by atoms with Crippen LogP contribution in [-0.4, -0.2) is 28.2 Å². The van der Waals surface area contributed by atoms with Crippen molar-refractivity contribution >= 4 is 29.2 Å². The Labute approximate surface area is 193 Å². The van der Waals surface area contributed by atoms with E-state index in [4.69, 9.17) is 5.73 Å². The van der Waals surface area contributed by atoms with Crippen molar-refractivity contribution in [3.8, 4) is 0 Å². The van der Waals surface area contributed by atoms with E-state index >= 15 is 0 Å². The van der Waals surface area contributed by atoms with Gasteiger partial charge in [0.25, 0.3) is 5.91 Å². The molecule has 2 aliphatic rings. The zero-order valence-corrected chi connectivity index (χ0v) is 18.7. The van der Waals surface area contributed by atoms with Gasteiger partial charge in [0.05, 0.1) is 17.6 Å². The van der Waals surface area contributed by atoms with Crippen LogP contribution in [0.1, 0.15) is 46.1 Å². The van der Waals surface area contributed by atoms with Crippen LogP contribution < -0.4 is 11.1 Å². The Bertz CT molecular complexity index is 1260. The molecule has 2 aliphatic heterocycles. The van der Waals surface area contributed by atoms with Gasteiger partial charge in [0.1, 0.15) is 5.84 Å². The molecular formula is C27H27N5O. The number of carbonyl (C=O) groups is 1. The van der Waals surface area contributed by atoms with E-state index in [1.165, 1.54) is 5.56 Å². The van der Waals surface area contributed by atoms with Crippen molar-refractivity contribution in [2.24, 2.45) is 10.7 Å². The van der Waals surface area contributed by atoms with E-state index in [1.807, 2.05) is 31.2 Å². The molecule has 0 saturated carbocycles. The summed E-state index contributed by atoms with van der Waals surface area (Å²) in [5.74, 6) is 0.370. The van der Waals surface area contributed by atoms with Gasteiger partial charge in [-0.1, -0.05) is 48.0 Å². The molecule has 3 heterocycles. The maximum atomic E-state index is 13.0. The number of hydrogen-bond acceptors (Lipinski definition) is 5. The third kappa shape index (κ3) is 4.86. The Hall–Kier alpha value is -3.77. The molecule has 6 nitrogen and oxygen atoms in total. The lowest BCUT2D eigenvalue weighted by Crippen LogP contribution is -2.30. The van der Waals surface area contributed by atoms with Crippen LogP contribution in [0.5, 0.6) is 0 Å². The average Bonchev–Trinajstić information content (AvgIpc) is 2.95. The van der Waals surface area contributed by atoms with Crippen LogP contribution in [0.2, 0.25) is 0 Å². The van der Waals surface area contributed by atoms with Crippen molar-refractivity contribution in [1.82, 2.24) is 9.88 Å². The van der Waals surface area contributed by atoms with Gasteiger partial charge < -0.3 is 11.1 Å². The van der Waals surface area contributed by atoms with Crippen molar-refractivity contribution in [3.63, 3.8) is 0 Å². The highest BCUT2D eigenvalue weighted by atomic mass is 16.1. The topological polar surface area (TPSA) is 83.6 Å². The van der Waals surface area contributed by atoms with E-state index in [0.29, 0.717) is 23.5 Å². The highest BCUT2D eigenvalue weighted by Crippen LogP contribution is 2.28. The second-order valence-electron chi connectivity index (χ2n) is 8.77. The molecule has 1 amide bonds. The lowest BCUT2D eigenvalue weighted by Gasteiger charge is -2.28. The standard InChI is InChI=1S/C27H27N5O/c1-18-11-20-7-8-21(14-25(20)31-26(28)12-18)27(33)30-23-13-22-17-32(10-9-24(22)29-15-23)16-19-5-3-2-4-6-19/h2-8,11,13-15H,9-10,12,16-17H2,1H3,(H2,28,31)(H,30,33). The molecule has 0 atom stereocenters. The fourth-order valence-electron chi connectivity index (χ4n) is 4.43. The number of rotatable bonds is 4. The van der Waals surface area contributed by atoms with Gasteiger partial charge in [0.2, 0.25) is 0 Å². The van der Waals surface area contributed by atoms with Gasteiger partial charge >= 0.3 is 0 Å². The predicted octanol–water partition coefficient (Wildman–Crippen LogP) is 4.69. The third-order valence-corrected chi connectivity index (χ3v) is 6.04. The Morgan fingerprint density at radius 2 is 2.00 bits per heavy atom. The number of fused-ring (bicyclic) bond motifs is 2. The van der Waals surface area contributed by atoms with Crippen LogP contribution in [0.15, 0.2) is 71.4 Å². The minimum absolute atomic E-state index is 0.185. The summed E-state index contributed by atoms with van der Waals surface area (Å²) in [5.41, 5.74) is 13.7. The van der Waals surface area contributed by atoms with Crippen molar-refractivity contribution in [1.29, 1.82) is 0 Å². The summed E-state index contributed by atoms with van der Waals surface area (Å²) in [6.45, 7) is 4.73. The number of carbonyl (C=O) groups excluding carboxylic acids is 1. The molecule has 3 aromatic rings. The fraction of sp³-hybridized carbons (Fsp3) is 0.222.